The van der Waals surface area contributed by atoms with E-state index in [0.717, 1.165) is 54.5 Å². The van der Waals surface area contributed by atoms with Crippen LogP contribution in [0.1, 0.15) is 48.0 Å². The van der Waals surface area contributed by atoms with E-state index in [9.17, 15) is 0 Å². The van der Waals surface area contributed by atoms with Gasteiger partial charge in [0.05, 0.1) is 31.5 Å². The SMILES string of the molecule is CN=C(NCc1nc(C(C)C)cs1)NCC(c1ccc(C)o1)N1CCOCC1. The molecular formula is C20H31N5O2S. The lowest BCUT2D eigenvalue weighted by molar-refractivity contribution is 0.0124. The molecule has 1 atom stereocenters. The van der Waals surface area contributed by atoms with E-state index in [0.29, 0.717) is 19.0 Å². The van der Waals surface area contributed by atoms with Gasteiger partial charge >= 0.3 is 0 Å². The van der Waals surface area contributed by atoms with Crippen LogP contribution in [0, 0.1) is 6.92 Å². The van der Waals surface area contributed by atoms with Crippen LogP contribution in [0.3, 0.4) is 0 Å². The summed E-state index contributed by atoms with van der Waals surface area (Å²) in [5.41, 5.74) is 1.14. The number of ether oxygens (including phenoxy) is 1. The van der Waals surface area contributed by atoms with Gasteiger partial charge in [0.1, 0.15) is 16.5 Å². The molecule has 8 heteroatoms. The van der Waals surface area contributed by atoms with E-state index in [1.54, 1.807) is 18.4 Å². The largest absolute Gasteiger partial charge is 0.465 e. The average molecular weight is 406 g/mol. The quantitative estimate of drug-likeness (QED) is 0.545. The number of hydrogen-bond acceptors (Lipinski definition) is 6. The lowest BCUT2D eigenvalue weighted by Crippen LogP contribution is -2.46. The summed E-state index contributed by atoms with van der Waals surface area (Å²) in [6.45, 7) is 11.0. The third kappa shape index (κ3) is 5.56. The Kier molecular flexibility index (Phi) is 7.47. The van der Waals surface area contributed by atoms with Crippen molar-refractivity contribution in [2.45, 2.75) is 39.3 Å². The predicted octanol–water partition coefficient (Wildman–Crippen LogP) is 2.91. The van der Waals surface area contributed by atoms with Crippen molar-refractivity contribution in [3.8, 4) is 0 Å². The summed E-state index contributed by atoms with van der Waals surface area (Å²) in [6, 6.07) is 4.23. The molecule has 1 fully saturated rings. The molecule has 1 aliphatic rings. The maximum Gasteiger partial charge on any atom is 0.191 e. The molecule has 0 aromatic carbocycles. The monoisotopic (exact) mass is 405 g/mol. The van der Waals surface area contributed by atoms with Gasteiger partial charge < -0.3 is 19.8 Å². The van der Waals surface area contributed by atoms with Crippen LogP contribution in [-0.2, 0) is 11.3 Å². The molecule has 0 radical (unpaired) electrons. The van der Waals surface area contributed by atoms with Crippen molar-refractivity contribution in [2.75, 3.05) is 39.9 Å². The van der Waals surface area contributed by atoms with E-state index in [1.165, 1.54) is 0 Å². The number of guanidine groups is 1. The molecule has 28 heavy (non-hydrogen) atoms. The molecule has 0 aliphatic carbocycles. The molecule has 2 aromatic rings. The molecule has 0 amide bonds. The number of aryl methyl sites for hydroxylation is 1. The second kappa shape index (κ2) is 10.0. The van der Waals surface area contributed by atoms with Gasteiger partial charge in [-0.15, -0.1) is 11.3 Å². The molecule has 0 saturated carbocycles. The summed E-state index contributed by atoms with van der Waals surface area (Å²) in [7, 11) is 1.79. The van der Waals surface area contributed by atoms with E-state index in [2.05, 4.69) is 50.8 Å². The molecular weight excluding hydrogens is 374 g/mol. The summed E-state index contributed by atoms with van der Waals surface area (Å²) in [4.78, 5) is 11.4. The van der Waals surface area contributed by atoms with Crippen LogP contribution in [-0.4, -0.2) is 55.7 Å². The van der Waals surface area contributed by atoms with Gasteiger partial charge in [0.25, 0.3) is 0 Å². The molecule has 1 unspecified atom stereocenters. The second-order valence-electron chi connectivity index (χ2n) is 7.24. The Bertz CT molecular complexity index is 764. The predicted molar refractivity (Wildman–Crippen MR) is 113 cm³/mol. The van der Waals surface area contributed by atoms with Crippen LogP contribution in [0.15, 0.2) is 26.9 Å². The highest BCUT2D eigenvalue weighted by Crippen LogP contribution is 2.23. The number of rotatable bonds is 7. The Labute approximate surface area is 171 Å². The Balaban J connectivity index is 1.58. The zero-order chi connectivity index (χ0) is 19.9. The first-order valence-electron chi connectivity index (χ1n) is 9.83. The highest BCUT2D eigenvalue weighted by Gasteiger charge is 2.25. The van der Waals surface area contributed by atoms with Crippen molar-refractivity contribution in [3.05, 3.63) is 39.7 Å². The molecule has 2 aromatic heterocycles. The first-order chi connectivity index (χ1) is 13.6. The van der Waals surface area contributed by atoms with E-state index >= 15 is 0 Å². The van der Waals surface area contributed by atoms with Crippen molar-refractivity contribution in [3.63, 3.8) is 0 Å². The van der Waals surface area contributed by atoms with Gasteiger partial charge in [-0.05, 0) is 25.0 Å². The fourth-order valence-corrected chi connectivity index (χ4v) is 4.07. The minimum Gasteiger partial charge on any atom is -0.465 e. The first-order valence-corrected chi connectivity index (χ1v) is 10.7. The summed E-state index contributed by atoms with van der Waals surface area (Å²) in [6.07, 6.45) is 0. The van der Waals surface area contributed by atoms with Crippen LogP contribution < -0.4 is 10.6 Å². The summed E-state index contributed by atoms with van der Waals surface area (Å²) < 4.78 is 11.4. The lowest BCUT2D eigenvalue weighted by Gasteiger charge is -2.33. The van der Waals surface area contributed by atoms with Gasteiger partial charge in [-0.1, -0.05) is 13.8 Å². The molecule has 0 bridgehead atoms. The lowest BCUT2D eigenvalue weighted by atomic mass is 10.1. The smallest absolute Gasteiger partial charge is 0.191 e. The fourth-order valence-electron chi connectivity index (χ4n) is 3.18. The highest BCUT2D eigenvalue weighted by molar-refractivity contribution is 7.09. The molecule has 3 rings (SSSR count). The third-order valence-electron chi connectivity index (χ3n) is 4.83. The Morgan fingerprint density at radius 3 is 2.68 bits per heavy atom. The summed E-state index contributed by atoms with van der Waals surface area (Å²) in [5, 5.41) is 10.0. The number of aliphatic imine (C=N–C) groups is 1. The van der Waals surface area contributed by atoms with Crippen molar-refractivity contribution in [1.82, 2.24) is 20.5 Å². The van der Waals surface area contributed by atoms with Crippen molar-refractivity contribution in [2.24, 2.45) is 4.99 Å². The number of nitrogens with zero attached hydrogens (tertiary/aromatic N) is 3. The van der Waals surface area contributed by atoms with Gasteiger partial charge in [-0.25, -0.2) is 4.98 Å². The minimum atomic E-state index is 0.142. The Morgan fingerprint density at radius 1 is 1.29 bits per heavy atom. The van der Waals surface area contributed by atoms with Crippen molar-refractivity contribution in [1.29, 1.82) is 0 Å². The number of thiazole rings is 1. The van der Waals surface area contributed by atoms with E-state index < -0.39 is 0 Å². The van der Waals surface area contributed by atoms with Crippen molar-refractivity contribution >= 4 is 17.3 Å². The number of hydrogen-bond donors (Lipinski definition) is 2. The number of aromatic nitrogens is 1. The first kappa shape index (κ1) is 20.8. The van der Waals surface area contributed by atoms with Gasteiger partial charge in [-0.3, -0.25) is 9.89 Å². The van der Waals surface area contributed by atoms with Gasteiger partial charge in [0.15, 0.2) is 5.96 Å². The molecule has 2 N–H and O–H groups in total. The van der Waals surface area contributed by atoms with E-state index in [4.69, 9.17) is 9.15 Å². The number of morpholine rings is 1. The summed E-state index contributed by atoms with van der Waals surface area (Å²) >= 11 is 1.68. The minimum absolute atomic E-state index is 0.142. The molecule has 0 spiro atoms. The zero-order valence-corrected chi connectivity index (χ0v) is 18.0. The summed E-state index contributed by atoms with van der Waals surface area (Å²) in [5.74, 6) is 3.13. The van der Waals surface area contributed by atoms with Crippen LogP contribution in [0.4, 0.5) is 0 Å². The van der Waals surface area contributed by atoms with E-state index in [-0.39, 0.29) is 6.04 Å². The maximum atomic E-state index is 5.93. The third-order valence-corrected chi connectivity index (χ3v) is 5.70. The van der Waals surface area contributed by atoms with Gasteiger partial charge in [0.2, 0.25) is 0 Å². The maximum absolute atomic E-state index is 5.93. The molecule has 3 heterocycles. The molecule has 154 valence electrons. The number of nitrogens with one attached hydrogen (secondary N) is 2. The van der Waals surface area contributed by atoms with Crippen molar-refractivity contribution < 1.29 is 9.15 Å². The highest BCUT2D eigenvalue weighted by atomic mass is 32.1. The molecule has 7 nitrogen and oxygen atoms in total. The Hall–Kier alpha value is -1.90. The fraction of sp³-hybridized carbons (Fsp3) is 0.600. The van der Waals surface area contributed by atoms with Crippen LogP contribution in [0.25, 0.3) is 0 Å². The van der Waals surface area contributed by atoms with Crippen LogP contribution in [0.2, 0.25) is 0 Å². The standard InChI is InChI=1S/C20H31N5O2S/c1-14(2)16-13-28-19(24-16)12-23-20(21-4)22-11-17(18-6-5-15(3)27-18)25-7-9-26-10-8-25/h5-6,13-14,17H,7-12H2,1-4H3,(H2,21,22,23). The topological polar surface area (TPSA) is 74.9 Å². The Morgan fingerprint density at radius 2 is 2.07 bits per heavy atom. The zero-order valence-electron chi connectivity index (χ0n) is 17.2. The normalized spacial score (nSPS) is 17.1. The van der Waals surface area contributed by atoms with Crippen LogP contribution in [0.5, 0.6) is 0 Å². The van der Waals surface area contributed by atoms with Gasteiger partial charge in [-0.2, -0.15) is 0 Å². The average Bonchev–Trinajstić information content (AvgIpc) is 3.34. The van der Waals surface area contributed by atoms with Gasteiger partial charge in [0, 0.05) is 32.1 Å². The molecule has 1 saturated heterocycles. The van der Waals surface area contributed by atoms with Crippen LogP contribution >= 0.6 is 11.3 Å². The van der Waals surface area contributed by atoms with E-state index in [1.807, 2.05) is 13.0 Å². The molecule has 1 aliphatic heterocycles. The second-order valence-corrected chi connectivity index (χ2v) is 8.18. The number of furan rings is 1.